The number of nitrogens with zero attached hydrogens (tertiary/aromatic N) is 2. The average Bonchev–Trinajstić information content (AvgIpc) is 3.20. The quantitative estimate of drug-likeness (QED) is 0.544. The van der Waals surface area contributed by atoms with E-state index in [1.807, 2.05) is 13.8 Å². The van der Waals surface area contributed by atoms with Gasteiger partial charge in [0, 0.05) is 18.3 Å². The Morgan fingerprint density at radius 3 is 2.90 bits per heavy atom. The van der Waals surface area contributed by atoms with Gasteiger partial charge in [-0.05, 0) is 33.1 Å². The molecule has 1 aliphatic carbocycles. The second-order valence-corrected chi connectivity index (χ2v) is 6.46. The van der Waals surface area contributed by atoms with Crippen LogP contribution in [0.2, 0.25) is 0 Å². The highest BCUT2D eigenvalue weighted by Gasteiger charge is 2.39. The van der Waals surface area contributed by atoms with Gasteiger partial charge in [-0.3, -0.25) is 14.7 Å². The number of thioether (sulfide) groups is 1. The smallest absolute Gasteiger partial charge is 0.343 e. The third kappa shape index (κ3) is 3.88. The van der Waals surface area contributed by atoms with Crippen LogP contribution in [0.15, 0.2) is 9.95 Å². The number of hydrogen-bond donors (Lipinski definition) is 2. The van der Waals surface area contributed by atoms with Gasteiger partial charge in [0.2, 0.25) is 0 Å². The van der Waals surface area contributed by atoms with Gasteiger partial charge in [-0.1, -0.05) is 11.8 Å². The first-order valence-electron chi connectivity index (χ1n) is 7.14. The SMILES string of the molecule is CCn1c(SCCC(C)(NC2CC2)C(=O)OC)n[nH]c1=O. The first-order valence-corrected chi connectivity index (χ1v) is 8.13. The number of hydrogen-bond acceptors (Lipinski definition) is 6. The van der Waals surface area contributed by atoms with Gasteiger partial charge < -0.3 is 4.74 Å². The molecule has 0 bridgehead atoms. The van der Waals surface area contributed by atoms with Crippen LogP contribution >= 0.6 is 11.8 Å². The van der Waals surface area contributed by atoms with Crippen LogP contribution in [-0.4, -0.2) is 45.2 Å². The lowest BCUT2D eigenvalue weighted by Crippen LogP contribution is -2.51. The van der Waals surface area contributed by atoms with Gasteiger partial charge in [0.15, 0.2) is 5.16 Å². The molecule has 7 nitrogen and oxygen atoms in total. The third-order valence-electron chi connectivity index (χ3n) is 3.61. The lowest BCUT2D eigenvalue weighted by atomic mass is 9.99. The molecule has 1 aromatic heterocycles. The number of esters is 1. The lowest BCUT2D eigenvalue weighted by molar-refractivity contribution is -0.148. The molecule has 118 valence electrons. The van der Waals surface area contributed by atoms with Crippen molar-refractivity contribution < 1.29 is 9.53 Å². The Morgan fingerprint density at radius 1 is 1.62 bits per heavy atom. The van der Waals surface area contributed by atoms with Crippen LogP contribution in [0.5, 0.6) is 0 Å². The van der Waals surface area contributed by atoms with Gasteiger partial charge >= 0.3 is 11.7 Å². The van der Waals surface area contributed by atoms with Crippen molar-refractivity contribution in [3.8, 4) is 0 Å². The number of aromatic nitrogens is 3. The van der Waals surface area contributed by atoms with Crippen LogP contribution < -0.4 is 11.0 Å². The molecule has 1 saturated carbocycles. The van der Waals surface area contributed by atoms with E-state index in [0.29, 0.717) is 29.9 Å². The van der Waals surface area contributed by atoms with Gasteiger partial charge in [-0.15, -0.1) is 5.10 Å². The van der Waals surface area contributed by atoms with E-state index in [4.69, 9.17) is 4.74 Å². The van der Waals surface area contributed by atoms with Crippen LogP contribution in [0.4, 0.5) is 0 Å². The zero-order chi connectivity index (χ0) is 15.5. The predicted octanol–water partition coefficient (Wildman–Crippen LogP) is 0.757. The van der Waals surface area contributed by atoms with Crippen molar-refractivity contribution in [2.24, 2.45) is 0 Å². The summed E-state index contributed by atoms with van der Waals surface area (Å²) in [6, 6.07) is 0.415. The van der Waals surface area contributed by atoms with Crippen molar-refractivity contribution in [2.45, 2.75) is 56.4 Å². The number of carbonyl (C=O) groups excluding carboxylic acids is 1. The number of methoxy groups -OCH3 is 1. The van der Waals surface area contributed by atoms with Crippen molar-refractivity contribution in [1.29, 1.82) is 0 Å². The highest BCUT2D eigenvalue weighted by molar-refractivity contribution is 7.99. The molecule has 1 fully saturated rings. The molecule has 0 aromatic carbocycles. The van der Waals surface area contributed by atoms with E-state index in [1.54, 1.807) is 4.57 Å². The summed E-state index contributed by atoms with van der Waals surface area (Å²) in [4.78, 5) is 23.5. The summed E-state index contributed by atoms with van der Waals surface area (Å²) in [6.45, 7) is 4.34. The Balaban J connectivity index is 1.95. The fraction of sp³-hybridized carbons (Fsp3) is 0.769. The molecule has 0 saturated heterocycles. The normalized spacial score (nSPS) is 17.5. The highest BCUT2D eigenvalue weighted by atomic mass is 32.2. The van der Waals surface area contributed by atoms with Crippen LogP contribution in [0.1, 0.15) is 33.1 Å². The van der Waals surface area contributed by atoms with E-state index >= 15 is 0 Å². The fourth-order valence-corrected chi connectivity index (χ4v) is 3.35. The number of rotatable bonds is 8. The zero-order valence-corrected chi connectivity index (χ0v) is 13.5. The number of nitrogens with one attached hydrogen (secondary N) is 2. The molecule has 1 aromatic rings. The molecule has 1 unspecified atom stereocenters. The Labute approximate surface area is 127 Å². The summed E-state index contributed by atoms with van der Waals surface area (Å²) in [6.07, 6.45) is 2.83. The Hall–Kier alpha value is -1.28. The molecule has 21 heavy (non-hydrogen) atoms. The molecule has 2 N–H and O–H groups in total. The highest BCUT2D eigenvalue weighted by Crippen LogP contribution is 2.26. The van der Waals surface area contributed by atoms with E-state index in [9.17, 15) is 9.59 Å². The first-order chi connectivity index (χ1) is 10.00. The topological polar surface area (TPSA) is 89.0 Å². The van der Waals surface area contributed by atoms with E-state index in [2.05, 4.69) is 15.5 Å². The fourth-order valence-electron chi connectivity index (χ4n) is 2.18. The Kier molecular flexibility index (Phi) is 5.10. The summed E-state index contributed by atoms with van der Waals surface area (Å²) in [5, 5.41) is 10.4. The van der Waals surface area contributed by atoms with Gasteiger partial charge in [0.1, 0.15) is 5.54 Å². The van der Waals surface area contributed by atoms with Gasteiger partial charge in [-0.25, -0.2) is 9.89 Å². The molecule has 1 aliphatic rings. The van der Waals surface area contributed by atoms with Crippen molar-refractivity contribution >= 4 is 17.7 Å². The van der Waals surface area contributed by atoms with Crippen LogP contribution in [0.25, 0.3) is 0 Å². The Bertz CT molecular complexity index is 552. The van der Waals surface area contributed by atoms with E-state index in [0.717, 1.165) is 12.8 Å². The van der Waals surface area contributed by atoms with E-state index in [1.165, 1.54) is 18.9 Å². The summed E-state index contributed by atoms with van der Waals surface area (Å²) in [7, 11) is 1.41. The molecule has 0 radical (unpaired) electrons. The maximum absolute atomic E-state index is 12.0. The van der Waals surface area contributed by atoms with Gasteiger partial charge in [0.25, 0.3) is 0 Å². The van der Waals surface area contributed by atoms with Crippen molar-refractivity contribution in [1.82, 2.24) is 20.1 Å². The van der Waals surface area contributed by atoms with Crippen molar-refractivity contribution in [3.63, 3.8) is 0 Å². The second kappa shape index (κ2) is 6.65. The Morgan fingerprint density at radius 2 is 2.33 bits per heavy atom. The largest absolute Gasteiger partial charge is 0.468 e. The number of aromatic amines is 1. The van der Waals surface area contributed by atoms with Gasteiger partial charge in [-0.2, -0.15) is 0 Å². The van der Waals surface area contributed by atoms with Gasteiger partial charge in [0.05, 0.1) is 7.11 Å². The minimum Gasteiger partial charge on any atom is -0.468 e. The molecule has 1 atom stereocenters. The molecule has 0 amide bonds. The number of carbonyl (C=O) groups is 1. The number of H-pyrrole nitrogens is 1. The molecule has 8 heteroatoms. The lowest BCUT2D eigenvalue weighted by Gasteiger charge is -2.27. The molecule has 1 heterocycles. The molecule has 2 rings (SSSR count). The van der Waals surface area contributed by atoms with Crippen molar-refractivity contribution in [3.05, 3.63) is 10.5 Å². The van der Waals surface area contributed by atoms with Crippen LogP contribution in [0, 0.1) is 0 Å². The number of ether oxygens (including phenoxy) is 1. The van der Waals surface area contributed by atoms with E-state index in [-0.39, 0.29) is 11.7 Å². The van der Waals surface area contributed by atoms with E-state index < -0.39 is 5.54 Å². The zero-order valence-electron chi connectivity index (χ0n) is 12.6. The van der Waals surface area contributed by atoms with Crippen molar-refractivity contribution in [2.75, 3.05) is 12.9 Å². The molecule has 0 spiro atoms. The average molecular weight is 314 g/mol. The van der Waals surface area contributed by atoms with Crippen LogP contribution in [-0.2, 0) is 16.1 Å². The van der Waals surface area contributed by atoms with Crippen LogP contribution in [0.3, 0.4) is 0 Å². The summed E-state index contributed by atoms with van der Waals surface area (Å²) >= 11 is 1.47. The monoisotopic (exact) mass is 314 g/mol. The first kappa shape index (κ1) is 16.1. The summed E-state index contributed by atoms with van der Waals surface area (Å²) in [5.74, 6) is 0.431. The summed E-state index contributed by atoms with van der Waals surface area (Å²) in [5.41, 5.74) is -0.886. The standard InChI is InChI=1S/C13H22N4O3S/c1-4-17-11(19)15-16-12(17)21-8-7-13(2,10(18)20-3)14-9-5-6-9/h9,14H,4-8H2,1-3H3,(H,15,19). The molecular formula is C13H22N4O3S. The third-order valence-corrected chi connectivity index (χ3v) is 4.59. The maximum atomic E-state index is 12.0. The molecular weight excluding hydrogens is 292 g/mol. The molecule has 0 aliphatic heterocycles. The summed E-state index contributed by atoms with van der Waals surface area (Å²) < 4.78 is 6.49. The second-order valence-electron chi connectivity index (χ2n) is 5.40. The maximum Gasteiger partial charge on any atom is 0.343 e. The minimum atomic E-state index is -0.684. The predicted molar refractivity (Wildman–Crippen MR) is 80.4 cm³/mol. The minimum absolute atomic E-state index is 0.202.